The predicted octanol–water partition coefficient (Wildman–Crippen LogP) is 2.28. The molecular weight excluding hydrogens is 224 g/mol. The fourth-order valence-corrected chi connectivity index (χ4v) is 2.52. The number of aromatic hydroxyl groups is 1. The van der Waals surface area contributed by atoms with E-state index in [0.29, 0.717) is 5.75 Å². The molecule has 1 aromatic rings. The molecule has 1 aromatic carbocycles. The van der Waals surface area contributed by atoms with Crippen LogP contribution in [0.1, 0.15) is 30.4 Å². The van der Waals surface area contributed by atoms with Gasteiger partial charge in [-0.05, 0) is 57.9 Å². The van der Waals surface area contributed by atoms with E-state index in [9.17, 15) is 5.11 Å². The zero-order chi connectivity index (χ0) is 12.8. The van der Waals surface area contributed by atoms with Crippen LogP contribution in [-0.2, 0) is 6.54 Å². The van der Waals surface area contributed by atoms with Gasteiger partial charge in [-0.1, -0.05) is 18.2 Å². The first kappa shape index (κ1) is 13.4. The molecule has 1 aliphatic heterocycles. The molecule has 0 radical (unpaired) electrons. The van der Waals surface area contributed by atoms with Crippen LogP contribution in [-0.4, -0.2) is 36.2 Å². The Morgan fingerprint density at radius 1 is 1.28 bits per heavy atom. The molecule has 18 heavy (non-hydrogen) atoms. The fraction of sp³-hybridized carbons (Fsp3) is 0.600. The fourth-order valence-electron chi connectivity index (χ4n) is 2.52. The molecule has 0 atom stereocenters. The molecule has 1 saturated heterocycles. The maximum atomic E-state index is 9.88. The lowest BCUT2D eigenvalue weighted by atomic mass is 10.1. The third kappa shape index (κ3) is 3.72. The van der Waals surface area contributed by atoms with E-state index in [4.69, 9.17) is 0 Å². The number of nitrogens with one attached hydrogen (secondary N) is 1. The molecule has 0 spiro atoms. The average Bonchev–Trinajstić information content (AvgIpc) is 2.87. The Morgan fingerprint density at radius 3 is 2.83 bits per heavy atom. The summed E-state index contributed by atoms with van der Waals surface area (Å²) in [7, 11) is 0. The summed E-state index contributed by atoms with van der Waals surface area (Å²) in [6, 6.07) is 5.91. The molecule has 1 heterocycles. The number of hydrogen-bond donors (Lipinski definition) is 2. The lowest BCUT2D eigenvalue weighted by Gasteiger charge is -2.14. The van der Waals surface area contributed by atoms with E-state index in [1.54, 1.807) is 0 Å². The highest BCUT2D eigenvalue weighted by Crippen LogP contribution is 2.20. The number of aryl methyl sites for hydroxylation is 1. The summed E-state index contributed by atoms with van der Waals surface area (Å²) in [5.74, 6) is 0.435. The van der Waals surface area contributed by atoms with Crippen LogP contribution in [0.5, 0.6) is 5.75 Å². The number of hydrogen-bond acceptors (Lipinski definition) is 3. The van der Waals surface area contributed by atoms with Crippen LogP contribution in [0, 0.1) is 6.92 Å². The van der Waals surface area contributed by atoms with E-state index in [0.717, 1.165) is 24.2 Å². The van der Waals surface area contributed by atoms with Crippen molar-refractivity contribution in [3.63, 3.8) is 0 Å². The van der Waals surface area contributed by atoms with E-state index in [1.807, 2.05) is 25.1 Å². The average molecular weight is 248 g/mol. The van der Waals surface area contributed by atoms with E-state index in [-0.39, 0.29) is 0 Å². The summed E-state index contributed by atoms with van der Waals surface area (Å²) < 4.78 is 0. The molecule has 0 bridgehead atoms. The quantitative estimate of drug-likeness (QED) is 0.758. The van der Waals surface area contributed by atoms with Crippen LogP contribution in [0.4, 0.5) is 0 Å². The van der Waals surface area contributed by atoms with Gasteiger partial charge < -0.3 is 15.3 Å². The van der Waals surface area contributed by atoms with Crippen LogP contribution >= 0.6 is 0 Å². The van der Waals surface area contributed by atoms with Crippen molar-refractivity contribution < 1.29 is 5.11 Å². The van der Waals surface area contributed by atoms with Crippen molar-refractivity contribution >= 4 is 0 Å². The Kier molecular flexibility index (Phi) is 5.02. The molecule has 3 heteroatoms. The van der Waals surface area contributed by atoms with Gasteiger partial charge in [0.25, 0.3) is 0 Å². The maximum Gasteiger partial charge on any atom is 0.122 e. The largest absolute Gasteiger partial charge is 0.507 e. The lowest BCUT2D eigenvalue weighted by Crippen LogP contribution is -2.24. The van der Waals surface area contributed by atoms with Gasteiger partial charge >= 0.3 is 0 Å². The minimum absolute atomic E-state index is 0.435. The minimum Gasteiger partial charge on any atom is -0.507 e. The molecule has 0 aliphatic carbocycles. The number of rotatable bonds is 6. The van der Waals surface area contributed by atoms with Crippen molar-refractivity contribution in [2.45, 2.75) is 32.7 Å². The van der Waals surface area contributed by atoms with Crippen molar-refractivity contribution in [3.8, 4) is 5.75 Å². The highest BCUT2D eigenvalue weighted by atomic mass is 16.3. The number of nitrogens with zero attached hydrogens (tertiary/aromatic N) is 1. The molecule has 2 N–H and O–H groups in total. The molecule has 1 aliphatic rings. The zero-order valence-electron chi connectivity index (χ0n) is 11.3. The van der Waals surface area contributed by atoms with Gasteiger partial charge in [-0.15, -0.1) is 0 Å². The number of phenolic OH excluding ortho intramolecular Hbond substituents is 1. The standard InChI is InChI=1S/C15H24N2O/c1-13-6-4-7-14(15(13)18)12-16-8-5-11-17-9-2-3-10-17/h4,6-7,16,18H,2-3,5,8-12H2,1H3. The predicted molar refractivity (Wildman–Crippen MR) is 74.8 cm³/mol. The number of likely N-dealkylation sites (tertiary alicyclic amines) is 1. The molecule has 0 saturated carbocycles. The lowest BCUT2D eigenvalue weighted by molar-refractivity contribution is 0.331. The van der Waals surface area contributed by atoms with Gasteiger partial charge in [0.2, 0.25) is 0 Å². The third-order valence-electron chi connectivity index (χ3n) is 3.66. The van der Waals surface area contributed by atoms with E-state index >= 15 is 0 Å². The molecule has 100 valence electrons. The molecule has 3 nitrogen and oxygen atoms in total. The topological polar surface area (TPSA) is 35.5 Å². The Hall–Kier alpha value is -1.06. The third-order valence-corrected chi connectivity index (χ3v) is 3.66. The van der Waals surface area contributed by atoms with Gasteiger partial charge in [0.1, 0.15) is 5.75 Å². The monoisotopic (exact) mass is 248 g/mol. The minimum atomic E-state index is 0.435. The van der Waals surface area contributed by atoms with Gasteiger partial charge in [0.15, 0.2) is 0 Å². The van der Waals surface area contributed by atoms with E-state index < -0.39 is 0 Å². The van der Waals surface area contributed by atoms with Crippen molar-refractivity contribution in [3.05, 3.63) is 29.3 Å². The molecular formula is C15H24N2O. The molecule has 0 aromatic heterocycles. The first-order chi connectivity index (χ1) is 8.77. The van der Waals surface area contributed by atoms with Crippen molar-refractivity contribution in [2.75, 3.05) is 26.2 Å². The first-order valence-electron chi connectivity index (χ1n) is 6.98. The van der Waals surface area contributed by atoms with Crippen LogP contribution in [0.2, 0.25) is 0 Å². The number of benzene rings is 1. The van der Waals surface area contributed by atoms with Crippen LogP contribution in [0.15, 0.2) is 18.2 Å². The summed E-state index contributed by atoms with van der Waals surface area (Å²) in [6.07, 6.45) is 3.92. The van der Waals surface area contributed by atoms with Crippen molar-refractivity contribution in [1.29, 1.82) is 0 Å². The Bertz CT molecular complexity index is 373. The summed E-state index contributed by atoms with van der Waals surface area (Å²) in [5.41, 5.74) is 1.95. The SMILES string of the molecule is Cc1cccc(CNCCCN2CCCC2)c1O. The molecule has 0 unspecified atom stereocenters. The Labute approximate surface area is 110 Å². The second-order valence-electron chi connectivity index (χ2n) is 5.16. The Morgan fingerprint density at radius 2 is 2.06 bits per heavy atom. The number of para-hydroxylation sites is 1. The van der Waals surface area contributed by atoms with E-state index in [2.05, 4.69) is 10.2 Å². The Balaban J connectivity index is 1.64. The summed E-state index contributed by atoms with van der Waals surface area (Å²) in [6.45, 7) is 7.47. The summed E-state index contributed by atoms with van der Waals surface area (Å²) >= 11 is 0. The van der Waals surface area contributed by atoms with Gasteiger partial charge in [0.05, 0.1) is 0 Å². The summed E-state index contributed by atoms with van der Waals surface area (Å²) in [4.78, 5) is 2.53. The van der Waals surface area contributed by atoms with Crippen LogP contribution < -0.4 is 5.32 Å². The zero-order valence-corrected chi connectivity index (χ0v) is 11.3. The molecule has 2 rings (SSSR count). The second kappa shape index (κ2) is 6.76. The van der Waals surface area contributed by atoms with Gasteiger partial charge in [-0.25, -0.2) is 0 Å². The van der Waals surface area contributed by atoms with Gasteiger partial charge in [-0.2, -0.15) is 0 Å². The highest BCUT2D eigenvalue weighted by Gasteiger charge is 2.10. The van der Waals surface area contributed by atoms with Crippen LogP contribution in [0.3, 0.4) is 0 Å². The summed E-state index contributed by atoms with van der Waals surface area (Å²) in [5, 5.41) is 13.3. The molecule has 0 amide bonds. The van der Waals surface area contributed by atoms with Crippen molar-refractivity contribution in [2.24, 2.45) is 0 Å². The first-order valence-corrected chi connectivity index (χ1v) is 6.98. The highest BCUT2D eigenvalue weighted by molar-refractivity contribution is 5.39. The second-order valence-corrected chi connectivity index (χ2v) is 5.16. The van der Waals surface area contributed by atoms with E-state index in [1.165, 1.54) is 38.9 Å². The normalized spacial score (nSPS) is 16.3. The van der Waals surface area contributed by atoms with Crippen molar-refractivity contribution in [1.82, 2.24) is 10.2 Å². The van der Waals surface area contributed by atoms with Crippen LogP contribution in [0.25, 0.3) is 0 Å². The smallest absolute Gasteiger partial charge is 0.122 e. The van der Waals surface area contributed by atoms with Gasteiger partial charge in [-0.3, -0.25) is 0 Å². The maximum absolute atomic E-state index is 9.88. The van der Waals surface area contributed by atoms with Gasteiger partial charge in [0, 0.05) is 12.1 Å². The molecule has 1 fully saturated rings. The number of phenols is 1.